The van der Waals surface area contributed by atoms with Crippen LogP contribution in [-0.4, -0.2) is 26.6 Å². The molecule has 8 nitrogen and oxygen atoms in total. The van der Waals surface area contributed by atoms with Gasteiger partial charge in [0, 0.05) is 17.0 Å². The molecule has 2 heterocycles. The number of para-hydroxylation sites is 1. The van der Waals surface area contributed by atoms with E-state index in [1.54, 1.807) is 48.7 Å². The molecule has 4 aromatic rings. The van der Waals surface area contributed by atoms with E-state index in [9.17, 15) is 14.4 Å². The highest BCUT2D eigenvalue weighted by molar-refractivity contribution is 6.04. The lowest BCUT2D eigenvalue weighted by Gasteiger charge is -2.11. The van der Waals surface area contributed by atoms with Crippen molar-refractivity contribution >= 4 is 39.2 Å². The SMILES string of the molecule is NC(=O)c1nn(CC(=O)Nc2cccc3cccnc23)c(=O)c2ccccc12. The van der Waals surface area contributed by atoms with E-state index in [-0.39, 0.29) is 17.6 Å². The van der Waals surface area contributed by atoms with Crippen molar-refractivity contribution in [2.24, 2.45) is 5.73 Å². The number of pyridine rings is 1. The quantitative estimate of drug-likeness (QED) is 0.564. The van der Waals surface area contributed by atoms with Gasteiger partial charge in [-0.25, -0.2) is 4.68 Å². The molecule has 0 aliphatic heterocycles. The zero-order valence-corrected chi connectivity index (χ0v) is 14.6. The molecule has 2 aromatic carbocycles. The van der Waals surface area contributed by atoms with E-state index in [4.69, 9.17) is 5.73 Å². The monoisotopic (exact) mass is 373 g/mol. The normalized spacial score (nSPS) is 10.9. The van der Waals surface area contributed by atoms with E-state index in [0.717, 1.165) is 10.1 Å². The average Bonchev–Trinajstić information content (AvgIpc) is 2.70. The molecule has 2 aromatic heterocycles. The Morgan fingerprint density at radius 2 is 1.75 bits per heavy atom. The number of fused-ring (bicyclic) bond motifs is 2. The van der Waals surface area contributed by atoms with Crippen molar-refractivity contribution in [3.8, 4) is 0 Å². The van der Waals surface area contributed by atoms with Gasteiger partial charge in [0.15, 0.2) is 5.69 Å². The lowest BCUT2D eigenvalue weighted by molar-refractivity contribution is -0.117. The predicted molar refractivity (Wildman–Crippen MR) is 105 cm³/mol. The van der Waals surface area contributed by atoms with Crippen LogP contribution in [0.3, 0.4) is 0 Å². The van der Waals surface area contributed by atoms with Crippen LogP contribution in [0, 0.1) is 0 Å². The highest BCUT2D eigenvalue weighted by atomic mass is 16.2. The molecule has 0 unspecified atom stereocenters. The maximum Gasteiger partial charge on any atom is 0.275 e. The van der Waals surface area contributed by atoms with Gasteiger partial charge in [0.05, 0.1) is 16.6 Å². The van der Waals surface area contributed by atoms with Crippen LogP contribution in [0.5, 0.6) is 0 Å². The van der Waals surface area contributed by atoms with Crippen molar-refractivity contribution in [1.82, 2.24) is 14.8 Å². The smallest absolute Gasteiger partial charge is 0.275 e. The Bertz CT molecular complexity index is 1290. The summed E-state index contributed by atoms with van der Waals surface area (Å²) < 4.78 is 0.941. The largest absolute Gasteiger partial charge is 0.364 e. The number of anilines is 1. The first-order valence-corrected chi connectivity index (χ1v) is 8.48. The molecular weight excluding hydrogens is 358 g/mol. The first kappa shape index (κ1) is 17.3. The fourth-order valence-electron chi connectivity index (χ4n) is 3.06. The molecule has 0 spiro atoms. The zero-order chi connectivity index (χ0) is 19.7. The molecule has 0 bridgehead atoms. The minimum Gasteiger partial charge on any atom is -0.364 e. The Balaban J connectivity index is 1.70. The molecular formula is C20H15N5O3. The molecule has 28 heavy (non-hydrogen) atoms. The van der Waals surface area contributed by atoms with Gasteiger partial charge in [-0.2, -0.15) is 5.10 Å². The molecule has 3 N–H and O–H groups in total. The summed E-state index contributed by atoms with van der Waals surface area (Å²) in [5, 5.41) is 8.24. The summed E-state index contributed by atoms with van der Waals surface area (Å²) in [7, 11) is 0. The molecule has 0 aliphatic carbocycles. The van der Waals surface area contributed by atoms with E-state index >= 15 is 0 Å². The van der Waals surface area contributed by atoms with Crippen LogP contribution in [0.25, 0.3) is 21.7 Å². The van der Waals surface area contributed by atoms with E-state index in [2.05, 4.69) is 15.4 Å². The number of nitrogens with two attached hydrogens (primary N) is 1. The number of rotatable bonds is 4. The molecule has 0 radical (unpaired) electrons. The predicted octanol–water partition coefficient (Wildman–Crippen LogP) is 1.68. The van der Waals surface area contributed by atoms with E-state index in [1.807, 2.05) is 12.1 Å². The van der Waals surface area contributed by atoms with Crippen LogP contribution in [0.4, 0.5) is 5.69 Å². The third-order valence-corrected chi connectivity index (χ3v) is 4.30. The standard InChI is InChI=1S/C20H15N5O3/c21-19(27)18-13-7-1-2-8-14(13)20(28)25(24-18)11-16(26)23-15-9-3-5-12-6-4-10-22-17(12)15/h1-10H,11H2,(H2,21,27)(H,23,26). The molecule has 4 rings (SSSR count). The van der Waals surface area contributed by atoms with Crippen molar-refractivity contribution in [3.05, 3.63) is 76.8 Å². The first-order chi connectivity index (χ1) is 13.5. The minimum atomic E-state index is -0.774. The van der Waals surface area contributed by atoms with E-state index < -0.39 is 17.4 Å². The fourth-order valence-corrected chi connectivity index (χ4v) is 3.06. The molecule has 2 amide bonds. The number of hydrogen-bond donors (Lipinski definition) is 2. The Morgan fingerprint density at radius 1 is 1.00 bits per heavy atom. The number of nitrogens with zero attached hydrogens (tertiary/aromatic N) is 3. The highest BCUT2D eigenvalue weighted by Crippen LogP contribution is 2.20. The topological polar surface area (TPSA) is 120 Å². The van der Waals surface area contributed by atoms with Crippen LogP contribution < -0.4 is 16.6 Å². The van der Waals surface area contributed by atoms with Crippen LogP contribution >= 0.6 is 0 Å². The van der Waals surface area contributed by atoms with Gasteiger partial charge in [0.2, 0.25) is 5.91 Å². The van der Waals surface area contributed by atoms with Gasteiger partial charge in [-0.15, -0.1) is 0 Å². The van der Waals surface area contributed by atoms with Crippen LogP contribution in [0.15, 0.2) is 65.6 Å². The van der Waals surface area contributed by atoms with Gasteiger partial charge in [0.25, 0.3) is 11.5 Å². The summed E-state index contributed by atoms with van der Waals surface area (Å²) in [6.07, 6.45) is 1.63. The first-order valence-electron chi connectivity index (χ1n) is 8.48. The summed E-state index contributed by atoms with van der Waals surface area (Å²) in [6, 6.07) is 15.6. The van der Waals surface area contributed by atoms with Crippen LogP contribution in [-0.2, 0) is 11.3 Å². The maximum atomic E-state index is 12.7. The van der Waals surface area contributed by atoms with Crippen LogP contribution in [0.2, 0.25) is 0 Å². The summed E-state index contributed by atoms with van der Waals surface area (Å²) in [4.78, 5) is 41.2. The molecule has 138 valence electrons. The third kappa shape index (κ3) is 3.07. The third-order valence-electron chi connectivity index (χ3n) is 4.30. The summed E-state index contributed by atoms with van der Waals surface area (Å²) in [5.41, 5.74) is 6.00. The molecule has 0 aliphatic rings. The lowest BCUT2D eigenvalue weighted by atomic mass is 10.1. The number of hydrogen-bond acceptors (Lipinski definition) is 5. The summed E-state index contributed by atoms with van der Waals surface area (Å²) >= 11 is 0. The molecule has 8 heteroatoms. The van der Waals surface area contributed by atoms with E-state index in [1.165, 1.54) is 0 Å². The van der Waals surface area contributed by atoms with Gasteiger partial charge >= 0.3 is 0 Å². The van der Waals surface area contributed by atoms with Gasteiger partial charge in [-0.05, 0) is 18.2 Å². The molecule has 0 saturated carbocycles. The number of amides is 2. The summed E-state index contributed by atoms with van der Waals surface area (Å²) in [6.45, 7) is -0.368. The van der Waals surface area contributed by atoms with E-state index in [0.29, 0.717) is 16.6 Å². The fraction of sp³-hybridized carbons (Fsp3) is 0.0500. The van der Waals surface area contributed by atoms with Gasteiger partial charge in [-0.3, -0.25) is 19.4 Å². The lowest BCUT2D eigenvalue weighted by Crippen LogP contribution is -2.32. The molecule has 0 saturated heterocycles. The molecule has 0 atom stereocenters. The number of aromatic nitrogens is 3. The van der Waals surface area contributed by atoms with Crippen molar-refractivity contribution in [1.29, 1.82) is 0 Å². The second kappa shape index (κ2) is 6.92. The number of benzene rings is 2. The Hall–Kier alpha value is -4.07. The van der Waals surface area contributed by atoms with Gasteiger partial charge in [-0.1, -0.05) is 36.4 Å². The Kier molecular flexibility index (Phi) is 4.29. The van der Waals surface area contributed by atoms with Crippen molar-refractivity contribution < 1.29 is 9.59 Å². The molecule has 0 fully saturated rings. The average molecular weight is 373 g/mol. The van der Waals surface area contributed by atoms with Crippen LogP contribution in [0.1, 0.15) is 10.5 Å². The zero-order valence-electron chi connectivity index (χ0n) is 14.6. The number of nitrogens with one attached hydrogen (secondary N) is 1. The maximum absolute atomic E-state index is 12.7. The highest BCUT2D eigenvalue weighted by Gasteiger charge is 2.16. The van der Waals surface area contributed by atoms with Crippen molar-refractivity contribution in [3.63, 3.8) is 0 Å². The van der Waals surface area contributed by atoms with Crippen molar-refractivity contribution in [2.45, 2.75) is 6.54 Å². The number of primary amides is 1. The van der Waals surface area contributed by atoms with Gasteiger partial charge in [0.1, 0.15) is 6.54 Å². The Morgan fingerprint density at radius 3 is 2.54 bits per heavy atom. The summed E-state index contributed by atoms with van der Waals surface area (Å²) in [5.74, 6) is -1.25. The second-order valence-corrected chi connectivity index (χ2v) is 6.15. The second-order valence-electron chi connectivity index (χ2n) is 6.15. The Labute approximate surface area is 158 Å². The van der Waals surface area contributed by atoms with Crippen molar-refractivity contribution in [2.75, 3.05) is 5.32 Å². The number of carbonyl (C=O) groups excluding carboxylic acids is 2. The minimum absolute atomic E-state index is 0.0603. The number of carbonyl (C=O) groups is 2. The van der Waals surface area contributed by atoms with Gasteiger partial charge < -0.3 is 11.1 Å².